The molecule has 0 spiro atoms. The molecule has 0 N–H and O–H groups in total. The summed E-state index contributed by atoms with van der Waals surface area (Å²) < 4.78 is 16.8. The molecule has 0 saturated carbocycles. The van der Waals surface area contributed by atoms with Crippen molar-refractivity contribution in [3.05, 3.63) is 63.3 Å². The zero-order valence-electron chi connectivity index (χ0n) is 14.6. The molecule has 3 aromatic rings. The number of esters is 2. The summed E-state index contributed by atoms with van der Waals surface area (Å²) in [7, 11) is 0. The zero-order chi connectivity index (χ0) is 18.8. The number of rotatable bonds is 4. The Morgan fingerprint density at radius 2 is 1.85 bits per heavy atom. The minimum absolute atomic E-state index is 0.261. The largest absolute Gasteiger partial charge is 0.462 e. The van der Waals surface area contributed by atoms with Crippen molar-refractivity contribution >= 4 is 38.8 Å². The van der Waals surface area contributed by atoms with Gasteiger partial charge in [0.1, 0.15) is 22.7 Å². The van der Waals surface area contributed by atoms with Crippen molar-refractivity contribution in [2.75, 3.05) is 6.61 Å². The molecule has 0 aliphatic rings. The number of aryl methyl sites for hydroxylation is 2. The van der Waals surface area contributed by atoms with Gasteiger partial charge in [0.2, 0.25) is 0 Å². The van der Waals surface area contributed by atoms with Gasteiger partial charge in [0.25, 0.3) is 0 Å². The van der Waals surface area contributed by atoms with Crippen LogP contribution in [0.25, 0.3) is 11.0 Å². The van der Waals surface area contributed by atoms with Gasteiger partial charge in [-0.25, -0.2) is 9.59 Å². The molecular formula is C20H17BrO5. The molecular weight excluding hydrogens is 400 g/mol. The summed E-state index contributed by atoms with van der Waals surface area (Å²) in [5.74, 6) is -0.187. The maximum Gasteiger partial charge on any atom is 0.343 e. The molecule has 26 heavy (non-hydrogen) atoms. The highest BCUT2D eigenvalue weighted by molar-refractivity contribution is 9.10. The number of fused-ring (bicyclic) bond motifs is 1. The van der Waals surface area contributed by atoms with Gasteiger partial charge >= 0.3 is 11.9 Å². The minimum atomic E-state index is -0.471. The molecule has 5 nitrogen and oxygen atoms in total. The first-order chi connectivity index (χ1) is 12.4. The van der Waals surface area contributed by atoms with E-state index >= 15 is 0 Å². The van der Waals surface area contributed by atoms with Crippen molar-refractivity contribution in [1.29, 1.82) is 0 Å². The highest BCUT2D eigenvalue weighted by Gasteiger charge is 2.22. The second-order valence-corrected chi connectivity index (χ2v) is 6.59. The molecule has 1 heterocycles. The highest BCUT2D eigenvalue weighted by Crippen LogP contribution is 2.35. The predicted molar refractivity (Wildman–Crippen MR) is 101 cm³/mol. The Hall–Kier alpha value is -2.60. The van der Waals surface area contributed by atoms with Gasteiger partial charge in [-0.05, 0) is 60.5 Å². The minimum Gasteiger partial charge on any atom is -0.462 e. The summed E-state index contributed by atoms with van der Waals surface area (Å²) in [6.45, 7) is 5.53. The van der Waals surface area contributed by atoms with Gasteiger partial charge in [-0.15, -0.1) is 0 Å². The van der Waals surface area contributed by atoms with Crippen molar-refractivity contribution in [3.8, 4) is 5.75 Å². The van der Waals surface area contributed by atoms with E-state index in [4.69, 9.17) is 13.9 Å². The lowest BCUT2D eigenvalue weighted by atomic mass is 10.1. The number of carbonyl (C=O) groups excluding carboxylic acids is 2. The van der Waals surface area contributed by atoms with Crippen LogP contribution in [-0.2, 0) is 4.74 Å². The fourth-order valence-electron chi connectivity index (χ4n) is 2.71. The number of furan rings is 1. The molecule has 0 bridgehead atoms. The second-order valence-electron chi connectivity index (χ2n) is 5.74. The summed E-state index contributed by atoms with van der Waals surface area (Å²) >= 11 is 3.39. The van der Waals surface area contributed by atoms with Crippen molar-refractivity contribution in [2.45, 2.75) is 20.8 Å². The van der Waals surface area contributed by atoms with Gasteiger partial charge in [-0.1, -0.05) is 18.2 Å². The molecule has 0 radical (unpaired) electrons. The smallest absolute Gasteiger partial charge is 0.343 e. The number of benzene rings is 2. The third kappa shape index (κ3) is 3.37. The van der Waals surface area contributed by atoms with Crippen LogP contribution < -0.4 is 4.74 Å². The van der Waals surface area contributed by atoms with Crippen LogP contribution in [0.2, 0.25) is 0 Å². The van der Waals surface area contributed by atoms with Crippen molar-refractivity contribution < 1.29 is 23.5 Å². The van der Waals surface area contributed by atoms with Crippen LogP contribution in [0, 0.1) is 13.8 Å². The van der Waals surface area contributed by atoms with Gasteiger partial charge < -0.3 is 13.9 Å². The third-order valence-corrected chi connectivity index (χ3v) is 4.59. The number of hydrogen-bond donors (Lipinski definition) is 0. The number of ether oxygens (including phenoxy) is 2. The lowest BCUT2D eigenvalue weighted by molar-refractivity contribution is 0.0526. The van der Waals surface area contributed by atoms with Gasteiger partial charge in [0.15, 0.2) is 0 Å². The molecule has 3 rings (SSSR count). The Balaban J connectivity index is 2.02. The lowest BCUT2D eigenvalue weighted by Crippen LogP contribution is -2.10. The summed E-state index contributed by atoms with van der Waals surface area (Å²) in [4.78, 5) is 24.7. The summed E-state index contributed by atoms with van der Waals surface area (Å²) in [5, 5.41) is 0.539. The fraction of sp³-hybridized carbons (Fsp3) is 0.200. The van der Waals surface area contributed by atoms with Gasteiger partial charge in [0.05, 0.1) is 16.6 Å². The Bertz CT molecular complexity index is 1000. The Labute approximate surface area is 159 Å². The van der Waals surface area contributed by atoms with Crippen LogP contribution in [0.4, 0.5) is 0 Å². The summed E-state index contributed by atoms with van der Waals surface area (Å²) in [6.07, 6.45) is 0. The number of carbonyl (C=O) groups is 2. The molecule has 0 atom stereocenters. The number of hydrogen-bond acceptors (Lipinski definition) is 5. The molecule has 0 amide bonds. The van der Waals surface area contributed by atoms with Crippen LogP contribution in [0.3, 0.4) is 0 Å². The van der Waals surface area contributed by atoms with Crippen LogP contribution in [0.1, 0.15) is 39.0 Å². The highest BCUT2D eigenvalue weighted by atomic mass is 79.9. The molecule has 0 fully saturated rings. The molecule has 6 heteroatoms. The first-order valence-corrected chi connectivity index (χ1v) is 8.89. The standard InChI is InChI=1S/C20H17BrO5/c1-4-24-20(23)18-12(3)25-16-10-15(21)17(9-14(16)18)26-19(22)13-8-6-5-7-11(13)2/h5-10H,4H2,1-3H3. The van der Waals surface area contributed by atoms with Gasteiger partial charge in [-0.3, -0.25) is 0 Å². The van der Waals surface area contributed by atoms with E-state index in [0.717, 1.165) is 5.56 Å². The second kappa shape index (κ2) is 7.33. The van der Waals surface area contributed by atoms with Crippen molar-refractivity contribution in [3.63, 3.8) is 0 Å². The van der Waals surface area contributed by atoms with E-state index in [-0.39, 0.29) is 6.61 Å². The zero-order valence-corrected chi connectivity index (χ0v) is 16.2. The Morgan fingerprint density at radius 1 is 1.12 bits per heavy atom. The average molecular weight is 417 g/mol. The number of halogens is 1. The maximum absolute atomic E-state index is 12.5. The fourth-order valence-corrected chi connectivity index (χ4v) is 3.12. The predicted octanol–water partition coefficient (Wildman–Crippen LogP) is 5.21. The molecule has 134 valence electrons. The summed E-state index contributed by atoms with van der Waals surface area (Å²) in [5.41, 5.74) is 2.14. The molecule has 0 unspecified atom stereocenters. The quantitative estimate of drug-likeness (QED) is 0.431. The van der Waals surface area contributed by atoms with Crippen LogP contribution in [0.15, 0.2) is 45.3 Å². The topological polar surface area (TPSA) is 65.7 Å². The normalized spacial score (nSPS) is 10.8. The van der Waals surface area contributed by atoms with Crippen LogP contribution in [0.5, 0.6) is 5.75 Å². The van der Waals surface area contributed by atoms with Gasteiger partial charge in [0, 0.05) is 5.39 Å². The van der Waals surface area contributed by atoms with Crippen molar-refractivity contribution in [1.82, 2.24) is 0 Å². The van der Waals surface area contributed by atoms with Crippen LogP contribution in [-0.4, -0.2) is 18.5 Å². The first kappa shape index (κ1) is 18.2. The Kier molecular flexibility index (Phi) is 5.13. The van der Waals surface area contributed by atoms with E-state index < -0.39 is 11.9 Å². The maximum atomic E-state index is 12.5. The van der Waals surface area contributed by atoms with E-state index in [0.29, 0.717) is 38.1 Å². The van der Waals surface area contributed by atoms with Crippen LogP contribution >= 0.6 is 15.9 Å². The first-order valence-electron chi connectivity index (χ1n) is 8.10. The molecule has 0 aliphatic heterocycles. The Morgan fingerprint density at radius 3 is 2.54 bits per heavy atom. The van der Waals surface area contributed by atoms with E-state index in [2.05, 4.69) is 15.9 Å². The van der Waals surface area contributed by atoms with E-state index in [1.165, 1.54) is 0 Å². The average Bonchev–Trinajstić information content (AvgIpc) is 2.90. The van der Waals surface area contributed by atoms with E-state index in [9.17, 15) is 9.59 Å². The van der Waals surface area contributed by atoms with Gasteiger partial charge in [-0.2, -0.15) is 0 Å². The SMILES string of the molecule is CCOC(=O)c1c(C)oc2cc(Br)c(OC(=O)c3ccccc3C)cc12. The lowest BCUT2D eigenvalue weighted by Gasteiger charge is -2.08. The molecule has 1 aromatic heterocycles. The molecule has 0 aliphatic carbocycles. The third-order valence-electron chi connectivity index (χ3n) is 3.97. The van der Waals surface area contributed by atoms with Crippen molar-refractivity contribution in [2.24, 2.45) is 0 Å². The van der Waals surface area contributed by atoms with E-state index in [1.807, 2.05) is 19.1 Å². The monoisotopic (exact) mass is 416 g/mol. The van der Waals surface area contributed by atoms with E-state index in [1.54, 1.807) is 38.1 Å². The molecule has 0 saturated heterocycles. The summed E-state index contributed by atoms with van der Waals surface area (Å²) in [6, 6.07) is 10.5. The molecule has 2 aromatic carbocycles.